The summed E-state index contributed by atoms with van der Waals surface area (Å²) in [5.41, 5.74) is 0. The normalized spacial score (nSPS) is 21.0. The van der Waals surface area contributed by atoms with Gasteiger partial charge < -0.3 is 14.8 Å². The van der Waals surface area contributed by atoms with Crippen molar-refractivity contribution in [2.45, 2.75) is 62.8 Å². The first-order chi connectivity index (χ1) is 11.0. The molecular weight excluding hydrogens is 340 g/mol. The smallest absolute Gasteiger partial charge is 0.326 e. The number of thiol groups is 1. The highest BCUT2D eigenvalue weighted by Gasteiger charge is 2.42. The molecule has 3 atom stereocenters. The van der Waals surface area contributed by atoms with Gasteiger partial charge in [-0.15, -0.1) is 10.1 Å². The maximum atomic E-state index is 12.5. The van der Waals surface area contributed by atoms with Gasteiger partial charge >= 0.3 is 5.97 Å². The van der Waals surface area contributed by atoms with Crippen molar-refractivity contribution in [3.05, 3.63) is 10.1 Å². The molecule has 24 heavy (non-hydrogen) atoms. The van der Waals surface area contributed by atoms with Crippen molar-refractivity contribution in [2.24, 2.45) is 0 Å². The van der Waals surface area contributed by atoms with Crippen LogP contribution in [0.15, 0.2) is 0 Å². The lowest BCUT2D eigenvalue weighted by Gasteiger charge is -2.30. The molecule has 0 aromatic heterocycles. The average molecular weight is 362 g/mol. The van der Waals surface area contributed by atoms with Crippen LogP contribution in [0.5, 0.6) is 0 Å². The Balaban J connectivity index is 2.58. The SMILES string of the molecule is CC(CCC(=O)C[C@](C)(S)C(=O)N1CCC[C@H]1C(=O)O)O[N+](=O)[O-]. The van der Waals surface area contributed by atoms with E-state index in [0.717, 1.165) is 0 Å². The van der Waals surface area contributed by atoms with Gasteiger partial charge in [-0.25, -0.2) is 4.79 Å². The minimum Gasteiger partial charge on any atom is -0.480 e. The van der Waals surface area contributed by atoms with Crippen LogP contribution in [0.2, 0.25) is 0 Å². The van der Waals surface area contributed by atoms with E-state index in [0.29, 0.717) is 19.4 Å². The largest absolute Gasteiger partial charge is 0.480 e. The number of hydrogen-bond acceptors (Lipinski definition) is 7. The Kier molecular flexibility index (Phi) is 7.00. The van der Waals surface area contributed by atoms with Crippen molar-refractivity contribution in [1.82, 2.24) is 4.90 Å². The zero-order valence-electron chi connectivity index (χ0n) is 13.6. The van der Waals surface area contributed by atoms with E-state index in [-0.39, 0.29) is 25.0 Å². The molecular formula is C14H22N2O7S. The maximum Gasteiger partial charge on any atom is 0.326 e. The Hall–Kier alpha value is -1.84. The van der Waals surface area contributed by atoms with Gasteiger partial charge in [-0.05, 0) is 33.1 Å². The number of hydrogen-bond donors (Lipinski definition) is 2. The molecule has 1 aliphatic heterocycles. The highest BCUT2D eigenvalue weighted by Crippen LogP contribution is 2.28. The summed E-state index contributed by atoms with van der Waals surface area (Å²) in [5.74, 6) is -1.84. The van der Waals surface area contributed by atoms with Gasteiger partial charge in [0.25, 0.3) is 5.09 Å². The van der Waals surface area contributed by atoms with Crippen molar-refractivity contribution in [2.75, 3.05) is 6.54 Å². The van der Waals surface area contributed by atoms with E-state index in [1.807, 2.05) is 0 Å². The van der Waals surface area contributed by atoms with Crippen molar-refractivity contribution < 1.29 is 29.4 Å². The zero-order chi connectivity index (χ0) is 18.5. The number of rotatable bonds is 9. The molecule has 1 amide bonds. The highest BCUT2D eigenvalue weighted by atomic mass is 32.1. The second-order valence-corrected chi connectivity index (χ2v) is 7.15. The molecule has 1 fully saturated rings. The van der Waals surface area contributed by atoms with Gasteiger partial charge in [0.15, 0.2) is 0 Å². The first kappa shape index (κ1) is 20.2. The quantitative estimate of drug-likeness (QED) is 0.357. The minimum absolute atomic E-state index is 0.0147. The number of carboxylic acids is 1. The van der Waals surface area contributed by atoms with Crippen molar-refractivity contribution >= 4 is 30.3 Å². The molecule has 1 aliphatic rings. The Labute approximate surface area is 144 Å². The summed E-state index contributed by atoms with van der Waals surface area (Å²) in [6.45, 7) is 3.28. The molecule has 1 saturated heterocycles. The molecule has 0 bridgehead atoms. The van der Waals surface area contributed by atoms with Crippen LogP contribution in [-0.2, 0) is 19.2 Å². The van der Waals surface area contributed by atoms with Crippen LogP contribution in [-0.4, -0.2) is 56.2 Å². The molecule has 1 unspecified atom stereocenters. The molecule has 0 radical (unpaired) electrons. The lowest BCUT2D eigenvalue weighted by Crippen LogP contribution is -2.49. The number of carboxylic acid groups (broad SMARTS) is 1. The summed E-state index contributed by atoms with van der Waals surface area (Å²) in [6, 6.07) is -0.882. The highest BCUT2D eigenvalue weighted by molar-refractivity contribution is 7.82. The minimum atomic E-state index is -1.32. The van der Waals surface area contributed by atoms with E-state index in [1.54, 1.807) is 0 Å². The third kappa shape index (κ3) is 5.66. The molecule has 136 valence electrons. The number of Topliss-reactive ketones (excluding diaryl/α,β-unsaturated/α-hetero) is 1. The first-order valence-electron chi connectivity index (χ1n) is 7.63. The third-order valence-corrected chi connectivity index (χ3v) is 4.25. The Morgan fingerprint density at radius 1 is 1.50 bits per heavy atom. The fourth-order valence-corrected chi connectivity index (χ4v) is 2.99. The molecule has 0 spiro atoms. The topological polar surface area (TPSA) is 127 Å². The van der Waals surface area contributed by atoms with E-state index in [1.165, 1.54) is 18.7 Å². The number of likely N-dealkylation sites (tertiary alicyclic amines) is 1. The Morgan fingerprint density at radius 2 is 2.12 bits per heavy atom. The summed E-state index contributed by atoms with van der Waals surface area (Å²) in [4.78, 5) is 51.5. The Bertz CT molecular complexity index is 523. The summed E-state index contributed by atoms with van der Waals surface area (Å²) < 4.78 is -1.32. The van der Waals surface area contributed by atoms with Crippen LogP contribution < -0.4 is 0 Å². The first-order valence-corrected chi connectivity index (χ1v) is 8.08. The van der Waals surface area contributed by atoms with Crippen molar-refractivity contribution in [3.63, 3.8) is 0 Å². The van der Waals surface area contributed by atoms with Crippen molar-refractivity contribution in [1.29, 1.82) is 0 Å². The Morgan fingerprint density at radius 3 is 2.67 bits per heavy atom. The van der Waals surface area contributed by atoms with Gasteiger partial charge in [-0.2, -0.15) is 12.6 Å². The van der Waals surface area contributed by atoms with Crippen LogP contribution in [0.4, 0.5) is 0 Å². The predicted molar refractivity (Wildman–Crippen MR) is 86.2 cm³/mol. The average Bonchev–Trinajstić information content (AvgIpc) is 2.92. The number of carbonyl (C=O) groups excluding carboxylic acids is 2. The molecule has 10 heteroatoms. The van der Waals surface area contributed by atoms with E-state index in [2.05, 4.69) is 17.5 Å². The predicted octanol–water partition coefficient (Wildman–Crippen LogP) is 1.09. The number of amides is 1. The number of carbonyl (C=O) groups is 3. The number of ketones is 1. The van der Waals surface area contributed by atoms with E-state index >= 15 is 0 Å². The van der Waals surface area contributed by atoms with Gasteiger partial charge in [0.1, 0.15) is 17.9 Å². The van der Waals surface area contributed by atoms with Gasteiger partial charge in [-0.1, -0.05) is 0 Å². The fraction of sp³-hybridized carbons (Fsp3) is 0.786. The molecule has 0 aromatic carbocycles. The fourth-order valence-electron chi connectivity index (χ4n) is 2.69. The van der Waals surface area contributed by atoms with Crippen LogP contribution in [0.1, 0.15) is 46.0 Å². The second-order valence-electron chi connectivity index (χ2n) is 6.16. The van der Waals surface area contributed by atoms with E-state index in [9.17, 15) is 24.5 Å². The van der Waals surface area contributed by atoms with Crippen LogP contribution in [0.3, 0.4) is 0 Å². The lowest BCUT2D eigenvalue weighted by molar-refractivity contribution is -0.767. The molecule has 0 aromatic rings. The molecule has 1 heterocycles. The number of aliphatic carboxylic acids is 1. The van der Waals surface area contributed by atoms with E-state index in [4.69, 9.17) is 5.11 Å². The molecule has 0 saturated carbocycles. The lowest BCUT2D eigenvalue weighted by atomic mass is 9.98. The second kappa shape index (κ2) is 8.32. The van der Waals surface area contributed by atoms with Gasteiger partial charge in [-0.3, -0.25) is 9.59 Å². The molecule has 1 rings (SSSR count). The monoisotopic (exact) mass is 362 g/mol. The molecule has 9 nitrogen and oxygen atoms in total. The van der Waals surface area contributed by atoms with Gasteiger partial charge in [0.05, 0.1) is 4.75 Å². The van der Waals surface area contributed by atoms with Crippen LogP contribution in [0.25, 0.3) is 0 Å². The van der Waals surface area contributed by atoms with E-state index < -0.39 is 33.9 Å². The van der Waals surface area contributed by atoms with Crippen molar-refractivity contribution in [3.8, 4) is 0 Å². The summed E-state index contributed by atoms with van der Waals surface area (Å²) in [6.07, 6.45) is 0.245. The third-order valence-electron chi connectivity index (χ3n) is 3.90. The standard InChI is InChI=1S/C14H22N2O7S/c1-9(23-16(21)22)5-6-10(17)8-14(2,24)13(20)15-7-3-4-11(15)12(18)19/h9,11,24H,3-8H2,1-2H3,(H,18,19)/t9?,11-,14-/m0/s1. The summed E-state index contributed by atoms with van der Waals surface area (Å²) in [5, 5.41) is 18.4. The summed E-state index contributed by atoms with van der Waals surface area (Å²) >= 11 is 4.26. The molecule has 1 N–H and O–H groups in total. The summed E-state index contributed by atoms with van der Waals surface area (Å²) in [7, 11) is 0. The van der Waals surface area contributed by atoms with Gasteiger partial charge in [0.2, 0.25) is 5.91 Å². The molecule has 0 aliphatic carbocycles. The van der Waals surface area contributed by atoms with Crippen LogP contribution >= 0.6 is 12.6 Å². The maximum absolute atomic E-state index is 12.5. The number of nitrogens with zero attached hydrogens (tertiary/aromatic N) is 2. The van der Waals surface area contributed by atoms with Gasteiger partial charge in [0, 0.05) is 19.4 Å². The van der Waals surface area contributed by atoms with Crippen LogP contribution in [0, 0.1) is 10.1 Å². The zero-order valence-corrected chi connectivity index (χ0v) is 14.5.